The summed E-state index contributed by atoms with van der Waals surface area (Å²) in [6.07, 6.45) is 0.300. The number of unbranched alkanes of at least 4 members (excludes halogenated alkanes) is 12. The maximum Gasteiger partial charge on any atom is 0.472 e. The molecule has 0 aromatic carbocycles. The van der Waals surface area contributed by atoms with E-state index in [4.69, 9.17) is 33.4 Å². The quantitative estimate of drug-likeness (QED) is 0.0295. The van der Waals surface area contributed by atoms with Crippen molar-refractivity contribution in [2.45, 2.75) is 140 Å². The second-order valence-electron chi connectivity index (χ2n) is 11.0. The zero-order valence-electron chi connectivity index (χ0n) is 25.3. The molecule has 16 nitrogen and oxygen atoms in total. The summed E-state index contributed by atoms with van der Waals surface area (Å²) >= 11 is 0. The zero-order chi connectivity index (χ0) is 33.2. The van der Waals surface area contributed by atoms with Gasteiger partial charge in [-0.25, -0.2) is 9.13 Å². The molecule has 0 amide bonds. The Labute approximate surface area is 258 Å². The number of phosphoric acid groups is 2. The fraction of sp³-hybridized carbons (Fsp3) is 0.962. The molecule has 4 unspecified atom stereocenters. The molecule has 8 atom stereocenters. The first-order valence-corrected chi connectivity index (χ1v) is 18.2. The summed E-state index contributed by atoms with van der Waals surface area (Å²) in [5, 5.41) is 49.5. The van der Waals surface area contributed by atoms with Gasteiger partial charge in [-0.05, 0) is 6.42 Å². The number of phosphoric ester groups is 2. The smallest absolute Gasteiger partial charge is 0.457 e. The first-order chi connectivity index (χ1) is 20.7. The molecule has 0 aliphatic heterocycles. The Morgan fingerprint density at radius 3 is 1.55 bits per heavy atom. The second-order valence-corrected chi connectivity index (χ2v) is 13.6. The molecule has 0 bridgehead atoms. The van der Waals surface area contributed by atoms with Crippen molar-refractivity contribution < 1.29 is 77.2 Å². The molecule has 0 aromatic rings. The molecule has 0 aromatic heterocycles. The molecule has 262 valence electrons. The summed E-state index contributed by atoms with van der Waals surface area (Å²) in [6.45, 7) is 0.284. The maximum absolute atomic E-state index is 12.5. The van der Waals surface area contributed by atoms with Crippen molar-refractivity contribution in [3.63, 3.8) is 0 Å². The molecule has 1 aliphatic rings. The van der Waals surface area contributed by atoms with Crippen LogP contribution >= 0.6 is 15.6 Å². The van der Waals surface area contributed by atoms with Crippen LogP contribution < -0.4 is 0 Å². The first kappa shape index (κ1) is 41.5. The zero-order valence-corrected chi connectivity index (χ0v) is 27.1. The highest BCUT2D eigenvalue weighted by molar-refractivity contribution is 7.47. The van der Waals surface area contributed by atoms with Gasteiger partial charge in [-0.1, -0.05) is 84.0 Å². The van der Waals surface area contributed by atoms with Crippen molar-refractivity contribution in [1.29, 1.82) is 0 Å². The first-order valence-electron chi connectivity index (χ1n) is 15.2. The van der Waals surface area contributed by atoms with Gasteiger partial charge in [-0.2, -0.15) is 0 Å². The molecule has 0 saturated heterocycles. The third kappa shape index (κ3) is 17.4. The summed E-state index contributed by atoms with van der Waals surface area (Å²) in [5.74, 6) is -0.627. The van der Waals surface area contributed by atoms with Crippen LogP contribution in [0.5, 0.6) is 0 Å². The summed E-state index contributed by atoms with van der Waals surface area (Å²) in [4.78, 5) is 40.3. The van der Waals surface area contributed by atoms with E-state index < -0.39 is 84.3 Å². The summed E-state index contributed by atoms with van der Waals surface area (Å²) < 4.78 is 47.3. The fourth-order valence-corrected chi connectivity index (χ4v) is 6.32. The third-order valence-corrected chi connectivity index (χ3v) is 8.66. The van der Waals surface area contributed by atoms with E-state index in [1.54, 1.807) is 0 Å². The monoisotopic (exact) mass is 682 g/mol. The van der Waals surface area contributed by atoms with Crippen molar-refractivity contribution in [3.8, 4) is 0 Å². The minimum absolute atomic E-state index is 0.0781. The Balaban J connectivity index is 2.44. The summed E-state index contributed by atoms with van der Waals surface area (Å²) in [7, 11) is -10.4. The van der Waals surface area contributed by atoms with Gasteiger partial charge in [0.15, 0.2) is 0 Å². The van der Waals surface area contributed by atoms with Crippen LogP contribution in [0.3, 0.4) is 0 Å². The van der Waals surface area contributed by atoms with E-state index in [1.807, 2.05) is 0 Å². The minimum atomic E-state index is -5.27. The average Bonchev–Trinajstić information content (AvgIpc) is 2.96. The summed E-state index contributed by atoms with van der Waals surface area (Å²) in [5.41, 5.74) is 0. The molecule has 0 heterocycles. The lowest BCUT2D eigenvalue weighted by Gasteiger charge is -2.43. The second kappa shape index (κ2) is 22.1. The SMILES string of the molecule is CCCCCCCCCCCCCCCC(=O)O[C@H](COCO)COP(=O)(O)OC1C(O)[C@H](O)[C@H](OP(=O)(O)O)C(O)[C@@H]1O. The number of aliphatic hydroxyl groups is 5. The number of aliphatic hydroxyl groups excluding tert-OH is 5. The number of hydrogen-bond donors (Lipinski definition) is 8. The lowest BCUT2D eigenvalue weighted by molar-refractivity contribution is -0.216. The van der Waals surface area contributed by atoms with Gasteiger partial charge in [-0.15, -0.1) is 0 Å². The molecule has 0 spiro atoms. The van der Waals surface area contributed by atoms with Crippen LogP contribution in [0, 0.1) is 0 Å². The highest BCUT2D eigenvalue weighted by Crippen LogP contribution is 2.48. The van der Waals surface area contributed by atoms with Gasteiger partial charge in [0.05, 0.1) is 13.2 Å². The molecule has 18 heteroatoms. The molecule has 1 aliphatic carbocycles. The van der Waals surface area contributed by atoms with E-state index in [2.05, 4.69) is 11.4 Å². The molecule has 1 rings (SSSR count). The number of rotatable bonds is 25. The Morgan fingerprint density at radius 2 is 1.11 bits per heavy atom. The number of esters is 1. The van der Waals surface area contributed by atoms with E-state index in [0.717, 1.165) is 25.7 Å². The number of hydrogen-bond acceptors (Lipinski definition) is 13. The van der Waals surface area contributed by atoms with Crippen molar-refractivity contribution in [1.82, 2.24) is 0 Å². The molecule has 44 heavy (non-hydrogen) atoms. The van der Waals surface area contributed by atoms with Gasteiger partial charge < -0.3 is 49.7 Å². The standard InChI is InChI=1S/C26H52O16P2/c1-2-3-4-5-6-7-8-9-10-11-12-13-14-15-20(28)40-19(16-38-18-27)17-39-44(36,37)42-26-23(31)21(29)25(22(30)24(26)32)41-43(33,34)35/h19,21-27,29-32H,2-18H2,1H3,(H,36,37)(H2,33,34,35)/t19-,21+,22?,23?,24+,25+,26?/m1/s1. The van der Waals surface area contributed by atoms with Crippen LogP contribution in [0.1, 0.15) is 96.8 Å². The molecule has 0 radical (unpaired) electrons. The minimum Gasteiger partial charge on any atom is -0.457 e. The van der Waals surface area contributed by atoms with Gasteiger partial charge in [0.2, 0.25) is 0 Å². The molecule has 1 saturated carbocycles. The van der Waals surface area contributed by atoms with Crippen LogP contribution in [0.4, 0.5) is 0 Å². The Bertz CT molecular complexity index is 857. The largest absolute Gasteiger partial charge is 0.472 e. The lowest BCUT2D eigenvalue weighted by Crippen LogP contribution is -2.64. The molecule has 1 fully saturated rings. The van der Waals surface area contributed by atoms with E-state index in [1.165, 1.54) is 51.4 Å². The van der Waals surface area contributed by atoms with Crippen molar-refractivity contribution >= 4 is 21.6 Å². The van der Waals surface area contributed by atoms with Gasteiger partial charge in [0, 0.05) is 6.42 Å². The van der Waals surface area contributed by atoms with Gasteiger partial charge >= 0.3 is 21.6 Å². The lowest BCUT2D eigenvalue weighted by atomic mass is 9.85. The summed E-state index contributed by atoms with van der Waals surface area (Å²) in [6, 6.07) is 0. The van der Waals surface area contributed by atoms with Gasteiger partial charge in [-0.3, -0.25) is 18.4 Å². The van der Waals surface area contributed by atoms with Crippen molar-refractivity contribution in [2.24, 2.45) is 0 Å². The molecular formula is C26H52O16P2. The van der Waals surface area contributed by atoms with Crippen LogP contribution in [0.15, 0.2) is 0 Å². The maximum atomic E-state index is 12.5. The Kier molecular flexibility index (Phi) is 20.8. The number of carbonyl (C=O) groups is 1. The topological polar surface area (TPSA) is 259 Å². The van der Waals surface area contributed by atoms with Crippen LogP contribution in [0.25, 0.3) is 0 Å². The van der Waals surface area contributed by atoms with Crippen molar-refractivity contribution in [3.05, 3.63) is 0 Å². The predicted octanol–water partition coefficient (Wildman–Crippen LogP) is 1.78. The van der Waals surface area contributed by atoms with Crippen LogP contribution in [0.2, 0.25) is 0 Å². The predicted molar refractivity (Wildman–Crippen MR) is 155 cm³/mol. The normalized spacial score (nSPS) is 26.3. The van der Waals surface area contributed by atoms with E-state index in [0.29, 0.717) is 6.42 Å². The van der Waals surface area contributed by atoms with Crippen molar-refractivity contribution in [2.75, 3.05) is 20.0 Å². The van der Waals surface area contributed by atoms with Gasteiger partial charge in [0.1, 0.15) is 49.5 Å². The van der Waals surface area contributed by atoms with E-state index in [9.17, 15) is 39.2 Å². The van der Waals surface area contributed by atoms with Gasteiger partial charge in [0.25, 0.3) is 0 Å². The number of carbonyl (C=O) groups excluding carboxylic acids is 1. The van der Waals surface area contributed by atoms with Crippen LogP contribution in [-0.2, 0) is 37.0 Å². The molecular weight excluding hydrogens is 630 g/mol. The van der Waals surface area contributed by atoms with E-state index in [-0.39, 0.29) is 6.42 Å². The Hall–Kier alpha value is -0.550. The third-order valence-electron chi connectivity index (χ3n) is 7.16. The van der Waals surface area contributed by atoms with Crippen LogP contribution in [-0.4, -0.2) is 109 Å². The number of ether oxygens (including phenoxy) is 2. The fourth-order valence-electron chi connectivity index (χ4n) is 4.78. The Morgan fingerprint density at radius 1 is 0.682 bits per heavy atom. The molecule has 8 N–H and O–H groups in total. The highest BCUT2D eigenvalue weighted by atomic mass is 31.2. The highest BCUT2D eigenvalue weighted by Gasteiger charge is 2.54. The average molecular weight is 683 g/mol. The van der Waals surface area contributed by atoms with E-state index >= 15 is 0 Å².